The molecular weight excluding hydrogens is 236 g/mol. The molecule has 18 heavy (non-hydrogen) atoms. The molecule has 2 amide bonds. The average Bonchev–Trinajstić information content (AvgIpc) is 2.32. The summed E-state index contributed by atoms with van der Waals surface area (Å²) in [6.45, 7) is 7.64. The van der Waals surface area contributed by atoms with E-state index < -0.39 is 23.6 Å². The van der Waals surface area contributed by atoms with Crippen LogP contribution in [0.1, 0.15) is 34.1 Å². The Morgan fingerprint density at radius 2 is 1.94 bits per heavy atom. The van der Waals surface area contributed by atoms with Gasteiger partial charge in [-0.05, 0) is 19.8 Å². The number of rotatable bonds is 7. The molecule has 106 valence electrons. The number of nitrogens with one attached hydrogen (secondary N) is 2. The van der Waals surface area contributed by atoms with Crippen molar-refractivity contribution >= 4 is 12.0 Å². The molecule has 0 rings (SSSR count). The van der Waals surface area contributed by atoms with Gasteiger partial charge in [0.25, 0.3) is 0 Å². The van der Waals surface area contributed by atoms with Gasteiger partial charge in [0.1, 0.15) is 6.04 Å². The van der Waals surface area contributed by atoms with Gasteiger partial charge < -0.3 is 20.5 Å². The van der Waals surface area contributed by atoms with Crippen molar-refractivity contribution in [2.75, 3.05) is 13.7 Å². The summed E-state index contributed by atoms with van der Waals surface area (Å²) >= 11 is 0. The van der Waals surface area contributed by atoms with E-state index in [9.17, 15) is 9.59 Å². The number of carbonyl (C=O) groups excluding carboxylic acids is 1. The van der Waals surface area contributed by atoms with Gasteiger partial charge in [0.2, 0.25) is 0 Å². The number of carboxylic acid groups (broad SMARTS) is 1. The first-order chi connectivity index (χ1) is 8.23. The van der Waals surface area contributed by atoms with Crippen molar-refractivity contribution in [2.45, 2.75) is 45.8 Å². The van der Waals surface area contributed by atoms with Gasteiger partial charge in [0.05, 0.1) is 5.60 Å². The van der Waals surface area contributed by atoms with Gasteiger partial charge >= 0.3 is 12.0 Å². The van der Waals surface area contributed by atoms with Crippen LogP contribution in [0.15, 0.2) is 0 Å². The van der Waals surface area contributed by atoms with E-state index in [-0.39, 0.29) is 5.92 Å². The number of aliphatic carboxylic acids is 1. The molecule has 0 bridgehead atoms. The van der Waals surface area contributed by atoms with Crippen LogP contribution in [-0.2, 0) is 9.53 Å². The van der Waals surface area contributed by atoms with Crippen molar-refractivity contribution in [3.05, 3.63) is 0 Å². The molecule has 0 fully saturated rings. The van der Waals surface area contributed by atoms with Gasteiger partial charge in [0, 0.05) is 13.7 Å². The zero-order valence-corrected chi connectivity index (χ0v) is 11.7. The lowest BCUT2D eigenvalue weighted by atomic mass is 9.99. The highest BCUT2D eigenvalue weighted by Crippen LogP contribution is 2.08. The molecule has 0 aliphatic heterocycles. The second-order valence-corrected chi connectivity index (χ2v) is 4.99. The normalized spacial score (nSPS) is 14.7. The number of carboxylic acids is 1. The Morgan fingerprint density at radius 1 is 1.39 bits per heavy atom. The van der Waals surface area contributed by atoms with Crippen LogP contribution < -0.4 is 10.6 Å². The zero-order valence-electron chi connectivity index (χ0n) is 11.7. The average molecular weight is 260 g/mol. The molecule has 0 saturated carbocycles. The topological polar surface area (TPSA) is 87.7 Å². The summed E-state index contributed by atoms with van der Waals surface area (Å²) in [5.41, 5.74) is -0.480. The Bertz CT molecular complexity index is 292. The van der Waals surface area contributed by atoms with Crippen LogP contribution in [0, 0.1) is 5.92 Å². The fourth-order valence-corrected chi connectivity index (χ4v) is 1.24. The predicted octanol–water partition coefficient (Wildman–Crippen LogP) is 1.21. The number of methoxy groups -OCH3 is 1. The van der Waals surface area contributed by atoms with Crippen molar-refractivity contribution in [2.24, 2.45) is 5.92 Å². The minimum Gasteiger partial charge on any atom is -0.480 e. The van der Waals surface area contributed by atoms with Crippen molar-refractivity contribution < 1.29 is 19.4 Å². The summed E-state index contributed by atoms with van der Waals surface area (Å²) in [5.74, 6) is -1.14. The first-order valence-electron chi connectivity index (χ1n) is 6.05. The second-order valence-electron chi connectivity index (χ2n) is 4.99. The molecule has 6 heteroatoms. The van der Waals surface area contributed by atoms with Gasteiger partial charge in [-0.1, -0.05) is 20.3 Å². The molecule has 0 aromatic rings. The molecule has 0 aliphatic rings. The van der Waals surface area contributed by atoms with Crippen LogP contribution >= 0.6 is 0 Å². The molecule has 0 radical (unpaired) electrons. The molecular formula is C12H24N2O4. The van der Waals surface area contributed by atoms with Gasteiger partial charge in [-0.3, -0.25) is 0 Å². The molecule has 0 aromatic heterocycles. The highest BCUT2D eigenvalue weighted by atomic mass is 16.5. The standard InChI is InChI=1S/C12H24N2O4/c1-6-8(2)9(10(15)16)14-11(17)13-7-12(3,4)18-5/h8-9H,6-7H2,1-5H3,(H,15,16)(H2,13,14,17)/t8?,9-/m0/s1. The molecule has 0 aromatic carbocycles. The van der Waals surface area contributed by atoms with Crippen LogP contribution in [0.3, 0.4) is 0 Å². The Labute approximate surface area is 108 Å². The monoisotopic (exact) mass is 260 g/mol. The summed E-state index contributed by atoms with van der Waals surface area (Å²) in [6.07, 6.45) is 0.681. The highest BCUT2D eigenvalue weighted by Gasteiger charge is 2.26. The number of carbonyl (C=O) groups is 2. The Balaban J connectivity index is 4.32. The van der Waals surface area contributed by atoms with E-state index in [1.165, 1.54) is 0 Å². The van der Waals surface area contributed by atoms with Crippen LogP contribution in [0.2, 0.25) is 0 Å². The van der Waals surface area contributed by atoms with Crippen molar-refractivity contribution in [3.8, 4) is 0 Å². The van der Waals surface area contributed by atoms with Crippen LogP contribution in [0.5, 0.6) is 0 Å². The summed E-state index contributed by atoms with van der Waals surface area (Å²) in [5, 5.41) is 14.1. The largest absolute Gasteiger partial charge is 0.480 e. The third-order valence-electron chi connectivity index (χ3n) is 2.99. The van der Waals surface area contributed by atoms with Crippen molar-refractivity contribution in [1.29, 1.82) is 0 Å². The molecule has 0 saturated heterocycles. The maximum Gasteiger partial charge on any atom is 0.326 e. The van der Waals surface area contributed by atoms with Gasteiger partial charge in [-0.2, -0.15) is 0 Å². The summed E-state index contributed by atoms with van der Waals surface area (Å²) in [4.78, 5) is 22.6. The minimum absolute atomic E-state index is 0.122. The minimum atomic E-state index is -1.02. The predicted molar refractivity (Wildman–Crippen MR) is 68.5 cm³/mol. The molecule has 0 heterocycles. The van der Waals surface area contributed by atoms with E-state index in [4.69, 9.17) is 9.84 Å². The third-order valence-corrected chi connectivity index (χ3v) is 2.99. The summed E-state index contributed by atoms with van der Waals surface area (Å²) in [7, 11) is 1.55. The number of urea groups is 1. The molecule has 0 spiro atoms. The number of hydrogen-bond acceptors (Lipinski definition) is 3. The highest BCUT2D eigenvalue weighted by molar-refractivity contribution is 5.82. The van der Waals surface area contributed by atoms with E-state index in [1.807, 2.05) is 20.8 Å². The molecule has 6 nitrogen and oxygen atoms in total. The van der Waals surface area contributed by atoms with Crippen LogP contribution in [0.25, 0.3) is 0 Å². The molecule has 1 unspecified atom stereocenters. The number of hydrogen-bond donors (Lipinski definition) is 3. The SMILES string of the molecule is CCC(C)[C@H](NC(=O)NCC(C)(C)OC)C(=O)O. The van der Waals surface area contributed by atoms with E-state index in [0.29, 0.717) is 13.0 Å². The maximum absolute atomic E-state index is 11.6. The summed E-state index contributed by atoms with van der Waals surface area (Å²) in [6, 6.07) is -1.37. The summed E-state index contributed by atoms with van der Waals surface area (Å²) < 4.78 is 5.15. The van der Waals surface area contributed by atoms with E-state index in [2.05, 4.69) is 10.6 Å². The lowest BCUT2D eigenvalue weighted by Crippen LogP contribution is -2.51. The second kappa shape index (κ2) is 7.20. The maximum atomic E-state index is 11.6. The van der Waals surface area contributed by atoms with Crippen LogP contribution in [-0.4, -0.2) is 42.4 Å². The van der Waals surface area contributed by atoms with Crippen molar-refractivity contribution in [1.82, 2.24) is 10.6 Å². The third kappa shape index (κ3) is 5.86. The molecule has 0 aliphatic carbocycles. The fraction of sp³-hybridized carbons (Fsp3) is 0.833. The van der Waals surface area contributed by atoms with Crippen LogP contribution in [0.4, 0.5) is 4.79 Å². The zero-order chi connectivity index (χ0) is 14.3. The smallest absolute Gasteiger partial charge is 0.326 e. The first kappa shape index (κ1) is 16.7. The quantitative estimate of drug-likeness (QED) is 0.642. The lowest BCUT2D eigenvalue weighted by Gasteiger charge is -2.25. The van der Waals surface area contributed by atoms with Gasteiger partial charge in [-0.25, -0.2) is 9.59 Å². The van der Waals surface area contributed by atoms with E-state index >= 15 is 0 Å². The Morgan fingerprint density at radius 3 is 2.33 bits per heavy atom. The molecule has 2 atom stereocenters. The number of ether oxygens (including phenoxy) is 1. The van der Waals surface area contributed by atoms with E-state index in [1.54, 1.807) is 14.0 Å². The number of amides is 2. The Hall–Kier alpha value is -1.30. The Kier molecular flexibility index (Phi) is 6.68. The lowest BCUT2D eigenvalue weighted by molar-refractivity contribution is -0.140. The first-order valence-corrected chi connectivity index (χ1v) is 6.05. The van der Waals surface area contributed by atoms with Crippen molar-refractivity contribution in [3.63, 3.8) is 0 Å². The molecule has 3 N–H and O–H groups in total. The van der Waals surface area contributed by atoms with Gasteiger partial charge in [0.15, 0.2) is 0 Å². The van der Waals surface area contributed by atoms with E-state index in [0.717, 1.165) is 0 Å². The fourth-order valence-electron chi connectivity index (χ4n) is 1.24. The van der Waals surface area contributed by atoms with Gasteiger partial charge in [-0.15, -0.1) is 0 Å².